The van der Waals surface area contributed by atoms with Gasteiger partial charge < -0.3 is 15.8 Å². The van der Waals surface area contributed by atoms with Crippen LogP contribution in [0.5, 0.6) is 0 Å². The molecule has 0 amide bonds. The summed E-state index contributed by atoms with van der Waals surface area (Å²) < 4.78 is 4.79. The van der Waals surface area contributed by atoms with Crippen LogP contribution in [0.2, 0.25) is 0 Å². The Morgan fingerprint density at radius 2 is 2.18 bits per heavy atom. The van der Waals surface area contributed by atoms with Crippen LogP contribution >= 0.6 is 24.0 Å². The quantitative estimate of drug-likeness (QED) is 0.181. The maximum atomic E-state index is 11.0. The minimum Gasteiger partial charge on any atom is -0.466 e. The lowest BCUT2D eigenvalue weighted by Gasteiger charge is -2.05. The average molecular weight is 355 g/mol. The Kier molecular flexibility index (Phi) is 12.8. The summed E-state index contributed by atoms with van der Waals surface area (Å²) in [4.78, 5) is 15.0. The number of hydrogen-bond donors (Lipinski definition) is 2. The van der Waals surface area contributed by atoms with Crippen LogP contribution in [0.1, 0.15) is 26.7 Å². The summed E-state index contributed by atoms with van der Waals surface area (Å²) in [7, 11) is 0. The van der Waals surface area contributed by atoms with Crippen molar-refractivity contribution in [1.29, 1.82) is 0 Å². The highest BCUT2D eigenvalue weighted by molar-refractivity contribution is 14.0. The zero-order valence-electron chi connectivity index (χ0n) is 10.5. The molecule has 0 aliphatic rings. The fourth-order valence-corrected chi connectivity index (χ4v) is 0.958. The number of guanidine groups is 1. The minimum absolute atomic E-state index is 0. The van der Waals surface area contributed by atoms with Gasteiger partial charge in [-0.2, -0.15) is 0 Å². The molecule has 0 aromatic heterocycles. The first kappa shape index (κ1) is 18.6. The third-order valence-electron chi connectivity index (χ3n) is 1.69. The van der Waals surface area contributed by atoms with Crippen LogP contribution in [0.25, 0.3) is 0 Å². The Labute approximate surface area is 120 Å². The molecule has 0 heterocycles. The van der Waals surface area contributed by atoms with Crippen molar-refractivity contribution < 1.29 is 9.53 Å². The highest BCUT2D eigenvalue weighted by Gasteiger charge is 2.00. The SMILES string of the molecule is C=C(C)CN=C(N)NCCCC(=O)OCC.I. The summed E-state index contributed by atoms with van der Waals surface area (Å²) in [6.45, 7) is 8.96. The molecule has 0 aliphatic heterocycles. The maximum Gasteiger partial charge on any atom is 0.305 e. The normalized spacial score (nSPS) is 10.4. The third kappa shape index (κ3) is 13.1. The van der Waals surface area contributed by atoms with Gasteiger partial charge in [-0.15, -0.1) is 24.0 Å². The molecule has 0 fully saturated rings. The van der Waals surface area contributed by atoms with Crippen molar-refractivity contribution in [3.8, 4) is 0 Å². The zero-order valence-corrected chi connectivity index (χ0v) is 12.8. The molecular formula is C11H22IN3O2. The van der Waals surface area contributed by atoms with Crippen LogP contribution < -0.4 is 11.1 Å². The van der Waals surface area contributed by atoms with E-state index in [1.54, 1.807) is 6.92 Å². The number of nitrogens with zero attached hydrogens (tertiary/aromatic N) is 1. The van der Waals surface area contributed by atoms with E-state index in [9.17, 15) is 4.79 Å². The largest absolute Gasteiger partial charge is 0.466 e. The molecule has 0 unspecified atom stereocenters. The molecule has 0 aromatic rings. The van der Waals surface area contributed by atoms with Gasteiger partial charge in [-0.05, 0) is 20.3 Å². The van der Waals surface area contributed by atoms with Gasteiger partial charge in [0, 0.05) is 13.0 Å². The number of hydrogen-bond acceptors (Lipinski definition) is 3. The maximum absolute atomic E-state index is 11.0. The second-order valence-electron chi connectivity index (χ2n) is 3.49. The fourth-order valence-electron chi connectivity index (χ4n) is 0.958. The van der Waals surface area contributed by atoms with Gasteiger partial charge in [0.1, 0.15) is 0 Å². The summed E-state index contributed by atoms with van der Waals surface area (Å²) in [5, 5.41) is 2.91. The van der Waals surface area contributed by atoms with Crippen LogP contribution in [0.15, 0.2) is 17.1 Å². The number of rotatable bonds is 7. The van der Waals surface area contributed by atoms with Crippen molar-refractivity contribution in [1.82, 2.24) is 5.32 Å². The van der Waals surface area contributed by atoms with E-state index in [0.29, 0.717) is 38.5 Å². The molecule has 3 N–H and O–H groups in total. The molecule has 0 bridgehead atoms. The third-order valence-corrected chi connectivity index (χ3v) is 1.69. The smallest absolute Gasteiger partial charge is 0.305 e. The van der Waals surface area contributed by atoms with Crippen LogP contribution in [0, 0.1) is 0 Å². The summed E-state index contributed by atoms with van der Waals surface area (Å²) >= 11 is 0. The molecular weight excluding hydrogens is 333 g/mol. The number of ether oxygens (including phenoxy) is 1. The summed E-state index contributed by atoms with van der Waals surface area (Å²) in [6.07, 6.45) is 1.08. The summed E-state index contributed by atoms with van der Waals surface area (Å²) in [5.74, 6) is 0.202. The van der Waals surface area contributed by atoms with Crippen LogP contribution in [0.3, 0.4) is 0 Å². The zero-order chi connectivity index (χ0) is 12.4. The molecule has 0 spiro atoms. The number of esters is 1. The number of aliphatic imine (C=N–C) groups is 1. The molecule has 0 radical (unpaired) electrons. The van der Waals surface area contributed by atoms with Crippen molar-refractivity contribution in [3.05, 3.63) is 12.2 Å². The van der Waals surface area contributed by atoms with E-state index in [1.807, 2.05) is 6.92 Å². The lowest BCUT2D eigenvalue weighted by atomic mass is 10.3. The average Bonchev–Trinajstić information content (AvgIpc) is 2.22. The van der Waals surface area contributed by atoms with Gasteiger partial charge in [-0.25, -0.2) is 4.99 Å². The van der Waals surface area contributed by atoms with E-state index in [1.165, 1.54) is 0 Å². The second kappa shape index (κ2) is 11.7. The van der Waals surface area contributed by atoms with Crippen LogP contribution in [-0.4, -0.2) is 31.6 Å². The van der Waals surface area contributed by atoms with E-state index in [-0.39, 0.29) is 29.9 Å². The topological polar surface area (TPSA) is 76.7 Å². The Morgan fingerprint density at radius 1 is 1.53 bits per heavy atom. The Bertz CT molecular complexity index is 267. The van der Waals surface area contributed by atoms with Gasteiger partial charge in [0.25, 0.3) is 0 Å². The highest BCUT2D eigenvalue weighted by atomic mass is 127. The Morgan fingerprint density at radius 3 is 2.71 bits per heavy atom. The number of carbonyl (C=O) groups is 1. The number of nitrogens with one attached hydrogen (secondary N) is 1. The lowest BCUT2D eigenvalue weighted by molar-refractivity contribution is -0.143. The molecule has 0 aromatic carbocycles. The van der Waals surface area contributed by atoms with Crippen molar-refractivity contribution in [3.63, 3.8) is 0 Å². The fraction of sp³-hybridized carbons (Fsp3) is 0.636. The molecule has 17 heavy (non-hydrogen) atoms. The van der Waals surface area contributed by atoms with E-state index in [4.69, 9.17) is 10.5 Å². The van der Waals surface area contributed by atoms with Gasteiger partial charge in [0.2, 0.25) is 0 Å². The molecule has 0 saturated carbocycles. The standard InChI is InChI=1S/C11H21N3O2.HI/c1-4-16-10(15)6-5-7-13-11(12)14-8-9(2)3;/h2,4-8H2,1,3H3,(H3,12,13,14);1H. The minimum atomic E-state index is -0.179. The first-order valence-electron chi connectivity index (χ1n) is 5.40. The van der Waals surface area contributed by atoms with E-state index >= 15 is 0 Å². The van der Waals surface area contributed by atoms with Gasteiger partial charge in [-0.3, -0.25) is 4.79 Å². The molecule has 0 saturated heterocycles. The van der Waals surface area contributed by atoms with Crippen molar-refractivity contribution in [2.45, 2.75) is 26.7 Å². The molecule has 0 rings (SSSR count). The number of halogens is 1. The van der Waals surface area contributed by atoms with Gasteiger partial charge >= 0.3 is 5.97 Å². The highest BCUT2D eigenvalue weighted by Crippen LogP contribution is 1.91. The summed E-state index contributed by atoms with van der Waals surface area (Å²) in [6, 6.07) is 0. The second-order valence-corrected chi connectivity index (χ2v) is 3.49. The van der Waals surface area contributed by atoms with Crippen molar-refractivity contribution in [2.75, 3.05) is 19.7 Å². The lowest BCUT2D eigenvalue weighted by Crippen LogP contribution is -2.32. The molecule has 100 valence electrons. The van der Waals surface area contributed by atoms with Gasteiger partial charge in [0.15, 0.2) is 5.96 Å². The Balaban J connectivity index is 0. The molecule has 0 atom stereocenters. The summed E-state index contributed by atoms with van der Waals surface area (Å²) in [5.41, 5.74) is 6.53. The Hall–Kier alpha value is -0.790. The van der Waals surface area contributed by atoms with Crippen LogP contribution in [-0.2, 0) is 9.53 Å². The molecule has 5 nitrogen and oxygen atoms in total. The molecule has 0 aliphatic carbocycles. The first-order valence-corrected chi connectivity index (χ1v) is 5.40. The predicted molar refractivity (Wildman–Crippen MR) is 80.6 cm³/mol. The van der Waals surface area contributed by atoms with Gasteiger partial charge in [0.05, 0.1) is 13.2 Å². The number of carbonyl (C=O) groups excluding carboxylic acids is 1. The monoisotopic (exact) mass is 355 g/mol. The predicted octanol–water partition coefficient (Wildman–Crippen LogP) is 1.43. The van der Waals surface area contributed by atoms with Crippen LogP contribution in [0.4, 0.5) is 0 Å². The van der Waals surface area contributed by atoms with Gasteiger partial charge in [-0.1, -0.05) is 12.2 Å². The van der Waals surface area contributed by atoms with E-state index < -0.39 is 0 Å². The van der Waals surface area contributed by atoms with E-state index in [2.05, 4.69) is 16.9 Å². The van der Waals surface area contributed by atoms with Crippen molar-refractivity contribution >= 4 is 35.9 Å². The molecule has 6 heteroatoms. The van der Waals surface area contributed by atoms with E-state index in [0.717, 1.165) is 5.57 Å². The van der Waals surface area contributed by atoms with Crippen molar-refractivity contribution in [2.24, 2.45) is 10.7 Å². The first-order chi connectivity index (χ1) is 7.56. The number of nitrogens with two attached hydrogens (primary N) is 1.